The Morgan fingerprint density at radius 1 is 0.771 bits per heavy atom. The van der Waals surface area contributed by atoms with Crippen LogP contribution in [0.1, 0.15) is 76.5 Å². The minimum absolute atomic E-state index is 0.0102. The number of urea groups is 1. The summed E-state index contributed by atoms with van der Waals surface area (Å²) >= 11 is 0. The van der Waals surface area contributed by atoms with E-state index in [0.717, 1.165) is 35.5 Å². The number of nitrogens with zero attached hydrogens (tertiary/aromatic N) is 3. The number of ether oxygens (including phenoxy) is 2. The molecule has 0 N–H and O–H groups in total. The maximum atomic E-state index is 15.5. The van der Waals surface area contributed by atoms with Crippen molar-refractivity contribution >= 4 is 14.3 Å². The van der Waals surface area contributed by atoms with Gasteiger partial charge in [0, 0.05) is 19.1 Å². The number of benzene rings is 3. The van der Waals surface area contributed by atoms with Gasteiger partial charge in [0.25, 0.3) is 0 Å². The van der Waals surface area contributed by atoms with Crippen LogP contribution < -0.4 is 9.47 Å². The summed E-state index contributed by atoms with van der Waals surface area (Å²) in [6.07, 6.45) is 6.22. The van der Waals surface area contributed by atoms with Gasteiger partial charge in [-0.1, -0.05) is 94.6 Å². The minimum Gasteiger partial charge on any atom is -0.497 e. The second-order valence-corrected chi connectivity index (χ2v) is 20.2. The van der Waals surface area contributed by atoms with Crippen LogP contribution in [0.3, 0.4) is 0 Å². The summed E-state index contributed by atoms with van der Waals surface area (Å²) in [7, 11) is 1.09. The topological polar surface area (TPSA) is 54.5 Å². The van der Waals surface area contributed by atoms with Gasteiger partial charge < -0.3 is 18.8 Å². The van der Waals surface area contributed by atoms with Crippen LogP contribution in [0.5, 0.6) is 11.5 Å². The van der Waals surface area contributed by atoms with Crippen LogP contribution in [-0.4, -0.2) is 67.7 Å². The van der Waals surface area contributed by atoms with Gasteiger partial charge in [-0.15, -0.1) is 0 Å². The van der Waals surface area contributed by atoms with Gasteiger partial charge in [-0.3, -0.25) is 5.01 Å². The molecule has 2 aliphatic rings. The average molecular weight is 672 g/mol. The molecular weight excluding hydrogens is 615 g/mol. The molecule has 1 aliphatic carbocycles. The predicted molar refractivity (Wildman–Crippen MR) is 197 cm³/mol. The van der Waals surface area contributed by atoms with Gasteiger partial charge in [-0.2, -0.15) is 0 Å². The molecule has 3 aromatic carbocycles. The quantitative estimate of drug-likeness (QED) is 0.191. The third-order valence-electron chi connectivity index (χ3n) is 11.1. The monoisotopic (exact) mass is 671 g/mol. The maximum Gasteiger partial charge on any atom is 0.335 e. The Hall–Kier alpha value is -3.33. The first-order chi connectivity index (χ1) is 22.8. The number of rotatable bonds is 11. The third-order valence-corrected chi connectivity index (χ3v) is 15.5. The van der Waals surface area contributed by atoms with Crippen LogP contribution in [0.25, 0.3) is 0 Å². The molecule has 3 aromatic rings. The van der Waals surface area contributed by atoms with Gasteiger partial charge in [-0.25, -0.2) is 9.80 Å². The molecule has 0 radical (unpaired) electrons. The van der Waals surface area contributed by atoms with Gasteiger partial charge in [0.05, 0.1) is 32.4 Å². The summed E-state index contributed by atoms with van der Waals surface area (Å²) in [5.74, 6) is 1.61. The number of amides is 2. The summed E-state index contributed by atoms with van der Waals surface area (Å²) < 4.78 is 18.5. The van der Waals surface area contributed by atoms with Crippen LogP contribution in [-0.2, 0) is 23.9 Å². The average Bonchev–Trinajstić information content (AvgIpc) is 3.15. The summed E-state index contributed by atoms with van der Waals surface area (Å²) in [6, 6.07) is 27.2. The van der Waals surface area contributed by atoms with E-state index in [4.69, 9.17) is 13.9 Å². The van der Waals surface area contributed by atoms with E-state index < -0.39 is 13.9 Å². The van der Waals surface area contributed by atoms with Gasteiger partial charge in [0.15, 0.2) is 8.32 Å². The molecule has 7 nitrogen and oxygen atoms in total. The van der Waals surface area contributed by atoms with E-state index in [9.17, 15) is 0 Å². The number of hydrogen-bond donors (Lipinski definition) is 0. The number of methoxy groups -OCH3 is 2. The molecular formula is C40H57N3O4Si. The molecule has 48 heavy (non-hydrogen) atoms. The molecule has 2 unspecified atom stereocenters. The van der Waals surface area contributed by atoms with E-state index in [0.29, 0.717) is 26.1 Å². The first-order valence-electron chi connectivity index (χ1n) is 17.7. The molecule has 0 aromatic heterocycles. The van der Waals surface area contributed by atoms with Crippen LogP contribution in [0.4, 0.5) is 4.79 Å². The molecule has 2 fully saturated rings. The van der Waals surface area contributed by atoms with Crippen molar-refractivity contribution in [1.29, 1.82) is 0 Å². The Balaban J connectivity index is 1.68. The van der Waals surface area contributed by atoms with Crippen LogP contribution in [0.15, 0.2) is 78.9 Å². The molecule has 1 saturated carbocycles. The second-order valence-electron chi connectivity index (χ2n) is 15.4. The molecule has 5 rings (SSSR count). The lowest BCUT2D eigenvalue weighted by Crippen LogP contribution is -2.62. The van der Waals surface area contributed by atoms with Crippen molar-refractivity contribution in [3.05, 3.63) is 95.6 Å². The Morgan fingerprint density at radius 3 is 1.83 bits per heavy atom. The molecule has 260 valence electrons. The number of carbonyl (C=O) groups is 1. The molecule has 0 bridgehead atoms. The minimum atomic E-state index is -2.28. The number of carbonyl (C=O) groups excluding carboxylic acids is 1. The highest BCUT2D eigenvalue weighted by molar-refractivity contribution is 6.74. The zero-order valence-electron chi connectivity index (χ0n) is 30.5. The highest BCUT2D eigenvalue weighted by Gasteiger charge is 2.53. The third kappa shape index (κ3) is 8.09. The number of hydrogen-bond acceptors (Lipinski definition) is 5. The normalized spacial score (nSPS) is 21.7. The second kappa shape index (κ2) is 15.1. The van der Waals surface area contributed by atoms with Gasteiger partial charge in [-0.05, 0) is 85.3 Å². The van der Waals surface area contributed by atoms with E-state index in [1.54, 1.807) is 14.2 Å². The first kappa shape index (κ1) is 36.0. The fourth-order valence-electron chi connectivity index (χ4n) is 6.97. The van der Waals surface area contributed by atoms with Crippen LogP contribution >= 0.6 is 0 Å². The Bertz CT molecular complexity index is 1470. The fourth-order valence-corrected chi connectivity index (χ4v) is 8.36. The Kier molecular flexibility index (Phi) is 11.3. The lowest BCUT2D eigenvalue weighted by molar-refractivity contribution is -0.0589. The first-order valence-corrected chi connectivity index (χ1v) is 20.6. The van der Waals surface area contributed by atoms with Crippen LogP contribution in [0, 0.1) is 0 Å². The largest absolute Gasteiger partial charge is 0.497 e. The zero-order valence-corrected chi connectivity index (χ0v) is 31.5. The lowest BCUT2D eigenvalue weighted by Gasteiger charge is -2.49. The van der Waals surface area contributed by atoms with Crippen molar-refractivity contribution in [2.24, 2.45) is 0 Å². The molecule has 1 saturated heterocycles. The SMILES string of the molecule is COc1ccc(CN2C(=O)N(Cc3ccc(OC)cc3)C(C)(Cc3ccccc3)C(O[Si](C)(C)C(C)(C)C)CN2C2CCCCC2)cc1. The standard InChI is InChI=1S/C40H57N3O4Si/c1-39(2,3)48(7,8)47-37-30-42(34-17-13-10-14-18-34)43(29-33-21-25-36(46-6)26-22-33)38(44)41(28-32-19-23-35(45-5)24-20-32)40(37,4)27-31-15-11-9-12-16-31/h9,11-12,15-16,19-26,34,37H,10,13-14,17-18,27-30H2,1-8H3. The number of hydrazine groups is 1. The highest BCUT2D eigenvalue weighted by Crippen LogP contribution is 2.43. The summed E-state index contributed by atoms with van der Waals surface area (Å²) in [4.78, 5) is 17.6. The lowest BCUT2D eigenvalue weighted by atomic mass is 9.84. The van der Waals surface area contributed by atoms with Crippen molar-refractivity contribution in [1.82, 2.24) is 14.9 Å². The van der Waals surface area contributed by atoms with Crippen molar-refractivity contribution in [2.75, 3.05) is 20.8 Å². The molecule has 1 heterocycles. The van der Waals surface area contributed by atoms with Crippen molar-refractivity contribution in [2.45, 2.75) is 115 Å². The maximum absolute atomic E-state index is 15.5. The fraction of sp³-hybridized carbons (Fsp3) is 0.525. The zero-order chi connectivity index (χ0) is 34.5. The van der Waals surface area contributed by atoms with Crippen molar-refractivity contribution < 1.29 is 18.7 Å². The molecule has 8 heteroatoms. The Labute approximate surface area is 290 Å². The Morgan fingerprint density at radius 2 is 1.31 bits per heavy atom. The van der Waals surface area contributed by atoms with Gasteiger partial charge >= 0.3 is 6.03 Å². The van der Waals surface area contributed by atoms with Crippen molar-refractivity contribution in [3.8, 4) is 11.5 Å². The van der Waals surface area contributed by atoms with Gasteiger partial charge in [0.1, 0.15) is 11.5 Å². The molecule has 2 amide bonds. The molecule has 1 aliphatic heterocycles. The smallest absolute Gasteiger partial charge is 0.335 e. The van der Waals surface area contributed by atoms with E-state index in [2.05, 4.69) is 110 Å². The molecule has 0 spiro atoms. The predicted octanol–water partition coefficient (Wildman–Crippen LogP) is 9.08. The van der Waals surface area contributed by atoms with Gasteiger partial charge in [0.2, 0.25) is 0 Å². The van der Waals surface area contributed by atoms with E-state index in [1.165, 1.54) is 24.8 Å². The van der Waals surface area contributed by atoms with Crippen LogP contribution in [0.2, 0.25) is 18.1 Å². The van der Waals surface area contributed by atoms with E-state index >= 15 is 4.79 Å². The molecule has 2 atom stereocenters. The summed E-state index contributed by atoms with van der Waals surface area (Å²) in [5.41, 5.74) is 2.69. The highest BCUT2D eigenvalue weighted by atomic mass is 28.4. The van der Waals surface area contributed by atoms with E-state index in [-0.39, 0.29) is 23.2 Å². The van der Waals surface area contributed by atoms with E-state index in [1.807, 2.05) is 24.3 Å². The summed E-state index contributed by atoms with van der Waals surface area (Å²) in [5, 5.41) is 4.48. The summed E-state index contributed by atoms with van der Waals surface area (Å²) in [6.45, 7) is 15.5. The van der Waals surface area contributed by atoms with Crippen molar-refractivity contribution in [3.63, 3.8) is 0 Å².